The smallest absolute Gasteiger partial charge is 0.290 e. The average Bonchev–Trinajstić information content (AvgIpc) is 3.40. The molecule has 3 heterocycles. The third-order valence-electron chi connectivity index (χ3n) is 8.12. The van der Waals surface area contributed by atoms with Gasteiger partial charge in [0, 0.05) is 54.6 Å². The quantitative estimate of drug-likeness (QED) is 0.163. The third kappa shape index (κ3) is 6.41. The fourth-order valence-electron chi connectivity index (χ4n) is 6.13. The Hall–Kier alpha value is -4.88. The van der Waals surface area contributed by atoms with Crippen LogP contribution in [-0.4, -0.2) is 25.5 Å². The Labute approximate surface area is 261 Å². The van der Waals surface area contributed by atoms with Gasteiger partial charge in [0.1, 0.15) is 29.6 Å². The molecule has 1 atom stereocenters. The maximum absolute atomic E-state index is 14.9. The summed E-state index contributed by atoms with van der Waals surface area (Å²) in [6, 6.07) is 14.1. The molecule has 1 aliphatic rings. The number of aromatic nitrogens is 4. The van der Waals surface area contributed by atoms with Crippen molar-refractivity contribution >= 4 is 16.7 Å². The number of benzene rings is 2. The van der Waals surface area contributed by atoms with Crippen LogP contribution in [0.2, 0.25) is 0 Å². The van der Waals surface area contributed by atoms with Crippen LogP contribution in [0.1, 0.15) is 59.8 Å². The molecule has 6 rings (SSSR count). The van der Waals surface area contributed by atoms with E-state index in [4.69, 9.17) is 0 Å². The molecule has 3 aromatic heterocycles. The number of pyridine rings is 2. The summed E-state index contributed by atoms with van der Waals surface area (Å²) in [5.41, 5.74) is -3.00. The molecule has 0 unspecified atom stereocenters. The zero-order valence-corrected chi connectivity index (χ0v) is 24.2. The number of alkyl halides is 6. The molecular formula is C33H24F8N4O2. The molecule has 0 spiro atoms. The molecule has 0 saturated carbocycles. The van der Waals surface area contributed by atoms with Crippen LogP contribution < -0.4 is 5.56 Å². The zero-order chi connectivity index (χ0) is 33.7. The predicted molar refractivity (Wildman–Crippen MR) is 154 cm³/mol. The van der Waals surface area contributed by atoms with Crippen LogP contribution in [-0.2, 0) is 29.6 Å². The van der Waals surface area contributed by atoms with Crippen molar-refractivity contribution in [2.75, 3.05) is 0 Å². The minimum absolute atomic E-state index is 0.127. The van der Waals surface area contributed by atoms with Gasteiger partial charge in [-0.05, 0) is 53.3 Å². The number of nitrogens with one attached hydrogen (secondary N) is 1. The molecule has 0 saturated heterocycles. The Morgan fingerprint density at radius 1 is 0.915 bits per heavy atom. The van der Waals surface area contributed by atoms with Gasteiger partial charge in [0.05, 0.1) is 11.3 Å². The second-order valence-electron chi connectivity index (χ2n) is 11.5. The van der Waals surface area contributed by atoms with Crippen LogP contribution in [0.4, 0.5) is 35.1 Å². The molecule has 0 fully saturated rings. The van der Waals surface area contributed by atoms with Gasteiger partial charge in [0.25, 0.3) is 18.3 Å². The number of carbonyl (C=O) groups excluding carboxylic acids is 1. The number of H-pyrrole nitrogens is 1. The van der Waals surface area contributed by atoms with E-state index in [2.05, 4.69) is 15.1 Å². The standard InChI is InChI=1S/C33H24F8N4O2/c34-21-11-17(12-22(35)15-21)10-20(28-24(2-1-9-42-28)19-4-3-18-5-6-26(47)43-25(18)14-19)13-23(46)16-45-30-27(29(44-45)31(36)37)32(38,39)7-8-33(30,40)41/h1-6,9,11-12,14-15,20,31H,7-8,10,13,16H2,(H,43,47)/t20-/m1/s1. The van der Waals surface area contributed by atoms with Crippen molar-refractivity contribution in [3.8, 4) is 11.1 Å². The molecule has 0 bridgehead atoms. The number of fused-ring (bicyclic) bond motifs is 2. The Morgan fingerprint density at radius 3 is 2.34 bits per heavy atom. The first-order chi connectivity index (χ1) is 22.2. The molecular weight excluding hydrogens is 636 g/mol. The molecule has 1 N–H and O–H groups in total. The number of halogens is 8. The van der Waals surface area contributed by atoms with Crippen LogP contribution >= 0.6 is 0 Å². The Morgan fingerprint density at radius 2 is 1.62 bits per heavy atom. The topological polar surface area (TPSA) is 80.6 Å². The van der Waals surface area contributed by atoms with Crippen LogP contribution in [0, 0.1) is 11.6 Å². The molecule has 14 heteroatoms. The summed E-state index contributed by atoms with van der Waals surface area (Å²) in [5, 5.41) is 4.07. The van der Waals surface area contributed by atoms with Gasteiger partial charge >= 0.3 is 0 Å². The van der Waals surface area contributed by atoms with Gasteiger partial charge in [-0.15, -0.1) is 0 Å². The molecule has 47 heavy (non-hydrogen) atoms. The first kappa shape index (κ1) is 32.1. The van der Waals surface area contributed by atoms with Crippen molar-refractivity contribution in [2.45, 2.75) is 56.4 Å². The summed E-state index contributed by atoms with van der Waals surface area (Å²) in [6.45, 7) is -1.05. The highest BCUT2D eigenvalue weighted by Gasteiger charge is 2.55. The second-order valence-corrected chi connectivity index (χ2v) is 11.5. The van der Waals surface area contributed by atoms with E-state index >= 15 is 0 Å². The number of carbonyl (C=O) groups is 1. The average molecular weight is 661 g/mol. The van der Waals surface area contributed by atoms with Crippen LogP contribution in [0.5, 0.6) is 0 Å². The Bertz CT molecular complexity index is 2040. The summed E-state index contributed by atoms with van der Waals surface area (Å²) in [7, 11) is 0. The molecule has 5 aromatic rings. The van der Waals surface area contributed by atoms with Gasteiger partial charge in [-0.3, -0.25) is 19.3 Å². The highest BCUT2D eigenvalue weighted by atomic mass is 19.3. The normalized spacial score (nSPS) is 15.9. The summed E-state index contributed by atoms with van der Waals surface area (Å²) < 4.78 is 115. The van der Waals surface area contributed by atoms with E-state index in [-0.39, 0.29) is 27.9 Å². The maximum atomic E-state index is 14.9. The van der Waals surface area contributed by atoms with Crippen molar-refractivity contribution in [1.29, 1.82) is 0 Å². The molecule has 0 aliphatic heterocycles. The number of hydrogen-bond acceptors (Lipinski definition) is 4. The summed E-state index contributed by atoms with van der Waals surface area (Å²) in [6.07, 6.45) is -5.60. The van der Waals surface area contributed by atoms with Crippen LogP contribution in [0.15, 0.2) is 71.7 Å². The largest absolute Gasteiger partial charge is 0.322 e. The highest BCUT2D eigenvalue weighted by molar-refractivity contribution is 5.85. The van der Waals surface area contributed by atoms with Crippen molar-refractivity contribution in [2.24, 2.45) is 0 Å². The minimum atomic E-state index is -4.01. The van der Waals surface area contributed by atoms with E-state index < -0.39 is 84.4 Å². The predicted octanol–water partition coefficient (Wildman–Crippen LogP) is 7.97. The van der Waals surface area contributed by atoms with E-state index in [1.807, 2.05) is 0 Å². The fourth-order valence-corrected chi connectivity index (χ4v) is 6.13. The number of aromatic amines is 1. The monoisotopic (exact) mass is 660 g/mol. The van der Waals surface area contributed by atoms with Gasteiger partial charge < -0.3 is 4.98 Å². The molecule has 6 nitrogen and oxygen atoms in total. The van der Waals surface area contributed by atoms with Gasteiger partial charge in [-0.2, -0.15) is 13.9 Å². The Kier molecular flexibility index (Phi) is 8.22. The van der Waals surface area contributed by atoms with E-state index in [9.17, 15) is 44.7 Å². The van der Waals surface area contributed by atoms with Gasteiger partial charge in [-0.1, -0.05) is 18.2 Å². The molecule has 0 radical (unpaired) electrons. The first-order valence-corrected chi connectivity index (χ1v) is 14.4. The van der Waals surface area contributed by atoms with Crippen molar-refractivity contribution < 1.29 is 39.9 Å². The maximum Gasteiger partial charge on any atom is 0.290 e. The summed E-state index contributed by atoms with van der Waals surface area (Å²) in [4.78, 5) is 32.6. The number of rotatable bonds is 9. The fraction of sp³-hybridized carbons (Fsp3) is 0.273. The summed E-state index contributed by atoms with van der Waals surface area (Å²) in [5.74, 6) is -11.6. The number of ketones is 1. The van der Waals surface area contributed by atoms with Crippen molar-refractivity contribution in [3.63, 3.8) is 0 Å². The molecule has 1 aliphatic carbocycles. The number of Topliss-reactive ketones (excluding diaryl/α,β-unsaturated/α-hetero) is 1. The van der Waals surface area contributed by atoms with Crippen molar-refractivity contribution in [1.82, 2.24) is 19.7 Å². The SMILES string of the molecule is O=C(C[C@@H](Cc1cc(F)cc(F)c1)c1ncccc1-c1ccc2ccc(=O)[nH]c2c1)Cn1nc(C(F)F)c2c1C(F)(F)CCC2(F)F. The van der Waals surface area contributed by atoms with Gasteiger partial charge in [-0.25, -0.2) is 26.3 Å². The van der Waals surface area contributed by atoms with E-state index in [1.54, 1.807) is 36.4 Å². The second kappa shape index (κ2) is 12.0. The molecule has 0 amide bonds. The van der Waals surface area contributed by atoms with Gasteiger partial charge in [0.15, 0.2) is 5.78 Å². The lowest BCUT2D eigenvalue weighted by Gasteiger charge is -2.29. The van der Waals surface area contributed by atoms with E-state index in [0.717, 1.165) is 12.1 Å². The highest BCUT2D eigenvalue weighted by Crippen LogP contribution is 2.52. The van der Waals surface area contributed by atoms with Crippen molar-refractivity contribution in [3.05, 3.63) is 117 Å². The lowest BCUT2D eigenvalue weighted by atomic mass is 9.86. The van der Waals surface area contributed by atoms with E-state index in [0.29, 0.717) is 28.1 Å². The van der Waals surface area contributed by atoms with Crippen LogP contribution in [0.3, 0.4) is 0 Å². The molecule has 2 aromatic carbocycles. The minimum Gasteiger partial charge on any atom is -0.322 e. The third-order valence-corrected chi connectivity index (χ3v) is 8.12. The Balaban J connectivity index is 1.41. The van der Waals surface area contributed by atoms with E-state index in [1.165, 1.54) is 12.3 Å². The first-order valence-electron chi connectivity index (χ1n) is 14.4. The number of nitrogens with zero attached hydrogens (tertiary/aromatic N) is 3. The summed E-state index contributed by atoms with van der Waals surface area (Å²) >= 11 is 0. The lowest BCUT2D eigenvalue weighted by Crippen LogP contribution is -2.33. The van der Waals surface area contributed by atoms with Crippen LogP contribution in [0.25, 0.3) is 22.0 Å². The van der Waals surface area contributed by atoms with Gasteiger partial charge in [0.2, 0.25) is 5.56 Å². The zero-order valence-electron chi connectivity index (χ0n) is 24.2. The number of hydrogen-bond donors (Lipinski definition) is 1. The lowest BCUT2D eigenvalue weighted by molar-refractivity contribution is -0.121. The molecule has 244 valence electrons.